The lowest BCUT2D eigenvalue weighted by atomic mass is 10.2. The van der Waals surface area contributed by atoms with Crippen molar-refractivity contribution in [2.45, 2.75) is 38.6 Å². The first kappa shape index (κ1) is 24.2. The maximum absolute atomic E-state index is 13.2. The average molecular weight is 494 g/mol. The SMILES string of the molecule is CCCc1ccc(NS(=O)(=O)Cc2ccccc2)c(=O)n1CC(=O)NCc1cc2cc[nH]c2cn1. The highest BCUT2D eigenvalue weighted by molar-refractivity contribution is 7.91. The second kappa shape index (κ2) is 10.6. The van der Waals surface area contributed by atoms with E-state index in [4.69, 9.17) is 0 Å². The van der Waals surface area contributed by atoms with Crippen molar-refractivity contribution in [2.24, 2.45) is 0 Å². The molecule has 0 radical (unpaired) electrons. The number of rotatable bonds is 10. The maximum atomic E-state index is 13.2. The van der Waals surface area contributed by atoms with Gasteiger partial charge in [0.05, 0.1) is 29.7 Å². The van der Waals surface area contributed by atoms with Crippen LogP contribution in [0.1, 0.15) is 30.3 Å². The first-order valence-corrected chi connectivity index (χ1v) is 13.0. The van der Waals surface area contributed by atoms with Gasteiger partial charge in [-0.15, -0.1) is 0 Å². The van der Waals surface area contributed by atoms with E-state index in [2.05, 4.69) is 20.0 Å². The van der Waals surface area contributed by atoms with Crippen molar-refractivity contribution in [3.63, 3.8) is 0 Å². The molecule has 0 spiro atoms. The van der Waals surface area contributed by atoms with Gasteiger partial charge in [0.15, 0.2) is 0 Å². The number of pyridine rings is 2. The van der Waals surface area contributed by atoms with Crippen LogP contribution in [0.4, 0.5) is 5.69 Å². The summed E-state index contributed by atoms with van der Waals surface area (Å²) in [5, 5.41) is 3.78. The highest BCUT2D eigenvalue weighted by Crippen LogP contribution is 2.13. The lowest BCUT2D eigenvalue weighted by Gasteiger charge is -2.15. The van der Waals surface area contributed by atoms with E-state index in [-0.39, 0.29) is 30.4 Å². The second-order valence-corrected chi connectivity index (χ2v) is 9.97. The number of hydrogen-bond donors (Lipinski definition) is 3. The number of hydrogen-bond acceptors (Lipinski definition) is 5. The fourth-order valence-corrected chi connectivity index (χ4v) is 5.01. The van der Waals surface area contributed by atoms with E-state index >= 15 is 0 Å². The molecule has 0 aliphatic rings. The van der Waals surface area contributed by atoms with Gasteiger partial charge in [-0.05, 0) is 36.2 Å². The number of H-pyrrole nitrogens is 1. The van der Waals surface area contributed by atoms with Gasteiger partial charge in [-0.25, -0.2) is 8.42 Å². The number of nitrogens with one attached hydrogen (secondary N) is 3. The van der Waals surface area contributed by atoms with Crippen molar-refractivity contribution < 1.29 is 13.2 Å². The van der Waals surface area contributed by atoms with Crippen LogP contribution in [0.5, 0.6) is 0 Å². The molecule has 182 valence electrons. The summed E-state index contributed by atoms with van der Waals surface area (Å²) in [4.78, 5) is 33.3. The molecule has 0 saturated heterocycles. The predicted molar refractivity (Wildman–Crippen MR) is 135 cm³/mol. The number of carbonyl (C=O) groups excluding carboxylic acids is 1. The van der Waals surface area contributed by atoms with Gasteiger partial charge in [0.25, 0.3) is 5.56 Å². The first-order chi connectivity index (χ1) is 16.8. The number of sulfonamides is 1. The van der Waals surface area contributed by atoms with E-state index in [9.17, 15) is 18.0 Å². The fraction of sp³-hybridized carbons (Fsp3) is 0.240. The summed E-state index contributed by atoms with van der Waals surface area (Å²) < 4.78 is 29.0. The lowest BCUT2D eigenvalue weighted by Crippen LogP contribution is -2.35. The van der Waals surface area contributed by atoms with E-state index in [1.807, 2.05) is 25.3 Å². The van der Waals surface area contributed by atoms with Gasteiger partial charge in [-0.2, -0.15) is 0 Å². The van der Waals surface area contributed by atoms with Crippen LogP contribution in [-0.4, -0.2) is 28.9 Å². The molecule has 0 bridgehead atoms. The number of aromatic amines is 1. The van der Waals surface area contributed by atoms with Gasteiger partial charge in [-0.1, -0.05) is 43.7 Å². The Kier molecular flexibility index (Phi) is 7.31. The number of benzene rings is 1. The first-order valence-electron chi connectivity index (χ1n) is 11.3. The zero-order chi connectivity index (χ0) is 24.8. The Morgan fingerprint density at radius 3 is 2.69 bits per heavy atom. The number of aryl methyl sites for hydroxylation is 1. The van der Waals surface area contributed by atoms with Crippen LogP contribution in [0, 0.1) is 0 Å². The normalized spacial score (nSPS) is 11.5. The second-order valence-electron chi connectivity index (χ2n) is 8.24. The third-order valence-corrected chi connectivity index (χ3v) is 6.74. The van der Waals surface area contributed by atoms with Crippen LogP contribution in [0.2, 0.25) is 0 Å². The number of anilines is 1. The van der Waals surface area contributed by atoms with Crippen molar-refractivity contribution in [3.05, 3.63) is 94.3 Å². The summed E-state index contributed by atoms with van der Waals surface area (Å²) in [6, 6.07) is 15.6. The highest BCUT2D eigenvalue weighted by atomic mass is 32.2. The predicted octanol–water partition coefficient (Wildman–Crippen LogP) is 2.94. The molecule has 0 aliphatic heterocycles. The number of aromatic nitrogens is 3. The highest BCUT2D eigenvalue weighted by Gasteiger charge is 2.17. The largest absolute Gasteiger partial charge is 0.360 e. The summed E-state index contributed by atoms with van der Waals surface area (Å²) in [6.07, 6.45) is 4.86. The van der Waals surface area contributed by atoms with Crippen LogP contribution >= 0.6 is 0 Å². The molecule has 3 aromatic heterocycles. The van der Waals surface area contributed by atoms with Crippen molar-refractivity contribution in [1.82, 2.24) is 19.9 Å². The molecule has 0 fully saturated rings. The molecule has 4 rings (SSSR count). The van der Waals surface area contributed by atoms with Crippen LogP contribution in [0.25, 0.3) is 10.9 Å². The molecule has 35 heavy (non-hydrogen) atoms. The smallest absolute Gasteiger partial charge is 0.275 e. The molecule has 0 atom stereocenters. The molecule has 4 aromatic rings. The Bertz CT molecular complexity index is 1490. The van der Waals surface area contributed by atoms with E-state index in [0.717, 1.165) is 17.3 Å². The van der Waals surface area contributed by atoms with Gasteiger partial charge >= 0.3 is 0 Å². The molecule has 3 heterocycles. The Morgan fingerprint density at radius 2 is 1.91 bits per heavy atom. The van der Waals surface area contributed by atoms with Crippen molar-refractivity contribution in [2.75, 3.05) is 4.72 Å². The molecule has 0 aliphatic carbocycles. The molecule has 1 amide bonds. The minimum atomic E-state index is -3.81. The number of fused-ring (bicyclic) bond motifs is 1. The van der Waals surface area contributed by atoms with Crippen molar-refractivity contribution in [1.29, 1.82) is 0 Å². The van der Waals surface area contributed by atoms with E-state index < -0.39 is 15.6 Å². The Labute approximate surface area is 203 Å². The van der Waals surface area contributed by atoms with Crippen molar-refractivity contribution >= 4 is 32.5 Å². The molecular weight excluding hydrogens is 466 g/mol. The number of nitrogens with zero attached hydrogens (tertiary/aromatic N) is 2. The quantitative estimate of drug-likeness (QED) is 0.313. The fourth-order valence-electron chi connectivity index (χ4n) is 3.82. The molecule has 10 heteroatoms. The van der Waals surface area contributed by atoms with E-state index in [0.29, 0.717) is 23.4 Å². The van der Waals surface area contributed by atoms with E-state index in [1.165, 1.54) is 10.6 Å². The molecule has 0 unspecified atom stereocenters. The molecule has 1 aromatic carbocycles. The van der Waals surface area contributed by atoms with Crippen LogP contribution < -0.4 is 15.6 Å². The third-order valence-electron chi connectivity index (χ3n) is 5.50. The van der Waals surface area contributed by atoms with Gasteiger partial charge < -0.3 is 14.9 Å². The minimum absolute atomic E-state index is 0.0897. The van der Waals surface area contributed by atoms with E-state index in [1.54, 1.807) is 42.6 Å². The van der Waals surface area contributed by atoms with Crippen LogP contribution in [0.15, 0.2) is 71.8 Å². The van der Waals surface area contributed by atoms with Crippen LogP contribution in [-0.2, 0) is 40.1 Å². The Morgan fingerprint density at radius 1 is 1.11 bits per heavy atom. The number of carbonyl (C=O) groups is 1. The lowest BCUT2D eigenvalue weighted by molar-refractivity contribution is -0.121. The Balaban J connectivity index is 1.49. The van der Waals surface area contributed by atoms with Gasteiger partial charge in [0.2, 0.25) is 15.9 Å². The summed E-state index contributed by atoms with van der Waals surface area (Å²) in [5.41, 5.74) is 2.21. The van der Waals surface area contributed by atoms with Gasteiger partial charge in [0.1, 0.15) is 12.2 Å². The topological polar surface area (TPSA) is 126 Å². The third kappa shape index (κ3) is 6.15. The zero-order valence-electron chi connectivity index (χ0n) is 19.3. The Hall–Kier alpha value is -3.92. The van der Waals surface area contributed by atoms with Gasteiger partial charge in [0, 0.05) is 17.3 Å². The molecule has 9 nitrogen and oxygen atoms in total. The summed E-state index contributed by atoms with van der Waals surface area (Å²) in [7, 11) is -3.81. The zero-order valence-corrected chi connectivity index (χ0v) is 20.1. The molecular formula is C25H27N5O4S. The monoisotopic (exact) mass is 493 g/mol. The van der Waals surface area contributed by atoms with Gasteiger partial charge in [-0.3, -0.25) is 19.3 Å². The molecule has 3 N–H and O–H groups in total. The maximum Gasteiger partial charge on any atom is 0.275 e. The summed E-state index contributed by atoms with van der Waals surface area (Å²) in [6.45, 7) is 1.95. The van der Waals surface area contributed by atoms with Crippen LogP contribution in [0.3, 0.4) is 0 Å². The van der Waals surface area contributed by atoms with Crippen molar-refractivity contribution in [3.8, 4) is 0 Å². The average Bonchev–Trinajstić information content (AvgIpc) is 3.30. The molecule has 0 saturated carbocycles. The minimum Gasteiger partial charge on any atom is -0.360 e. The number of amides is 1. The summed E-state index contributed by atoms with van der Waals surface area (Å²) in [5.74, 6) is -0.632. The summed E-state index contributed by atoms with van der Waals surface area (Å²) >= 11 is 0. The standard InChI is InChI=1S/C25H27N5O4S/c1-2-6-21-9-10-22(29-35(33,34)17-18-7-4-3-5-8-18)25(32)30(21)16-24(31)28-14-20-13-19-11-12-26-23(19)15-27-20/h3-5,7-13,15,26,29H,2,6,14,16-17H2,1H3,(H,28,31).